The van der Waals surface area contributed by atoms with Gasteiger partial charge in [-0.05, 0) is 51.6 Å². The van der Waals surface area contributed by atoms with E-state index in [4.69, 9.17) is 0 Å². The van der Waals surface area contributed by atoms with E-state index in [1.54, 1.807) is 19.1 Å². The van der Waals surface area contributed by atoms with Crippen LogP contribution in [-0.4, -0.2) is 57.1 Å². The van der Waals surface area contributed by atoms with Crippen LogP contribution in [0.5, 0.6) is 0 Å². The molecule has 0 radical (unpaired) electrons. The molecular formula is C25H27FN6O. The second kappa shape index (κ2) is 8.12. The number of rotatable bonds is 3. The van der Waals surface area contributed by atoms with Gasteiger partial charge in [0.05, 0.1) is 5.52 Å². The Morgan fingerprint density at radius 1 is 1.06 bits per heavy atom. The first-order valence-corrected chi connectivity index (χ1v) is 11.1. The van der Waals surface area contributed by atoms with E-state index >= 15 is 0 Å². The van der Waals surface area contributed by atoms with Gasteiger partial charge in [0.25, 0.3) is 5.56 Å². The molecule has 1 saturated heterocycles. The van der Waals surface area contributed by atoms with Crippen molar-refractivity contribution in [2.24, 2.45) is 0 Å². The van der Waals surface area contributed by atoms with E-state index in [1.807, 2.05) is 12.1 Å². The first-order chi connectivity index (χ1) is 15.8. The molecule has 1 aliphatic heterocycles. The zero-order valence-corrected chi connectivity index (χ0v) is 19.2. The molecule has 0 saturated carbocycles. The average molecular weight is 447 g/mol. The van der Waals surface area contributed by atoms with Gasteiger partial charge in [-0.1, -0.05) is 24.3 Å². The van der Waals surface area contributed by atoms with Crippen LogP contribution in [0.3, 0.4) is 0 Å². The fourth-order valence-corrected chi connectivity index (χ4v) is 4.58. The van der Waals surface area contributed by atoms with E-state index < -0.39 is 11.4 Å². The van der Waals surface area contributed by atoms with E-state index in [0.717, 1.165) is 29.0 Å². The summed E-state index contributed by atoms with van der Waals surface area (Å²) >= 11 is 0. The summed E-state index contributed by atoms with van der Waals surface area (Å²) in [6.45, 7) is 8.19. The molecule has 0 unspecified atom stereocenters. The Labute approximate surface area is 191 Å². The molecule has 5 rings (SSSR count). The number of hydrogen-bond acceptors (Lipinski definition) is 5. The topological polar surface area (TPSA) is 70.1 Å². The number of nitrogens with one attached hydrogen (secondary N) is 1. The molecule has 3 heterocycles. The highest BCUT2D eigenvalue weighted by atomic mass is 19.1. The Hall–Kier alpha value is -3.52. The second-order valence-electron chi connectivity index (χ2n) is 8.95. The number of para-hydroxylation sites is 1. The van der Waals surface area contributed by atoms with Crippen LogP contribution in [0.4, 0.5) is 10.1 Å². The summed E-state index contributed by atoms with van der Waals surface area (Å²) in [5.41, 5.74) is 4.08. The third-order valence-electron chi connectivity index (χ3n) is 6.71. The minimum atomic E-state index is -0.492. The zero-order valence-electron chi connectivity index (χ0n) is 19.2. The molecule has 1 N–H and O–H groups in total. The lowest BCUT2D eigenvalue weighted by Gasteiger charge is -2.43. The van der Waals surface area contributed by atoms with Gasteiger partial charge in [-0.25, -0.2) is 4.39 Å². The van der Waals surface area contributed by atoms with Gasteiger partial charge in [0, 0.05) is 42.5 Å². The zero-order chi connectivity index (χ0) is 23.3. The maximum atomic E-state index is 14.5. The van der Waals surface area contributed by atoms with E-state index in [0.29, 0.717) is 34.4 Å². The fraction of sp³-hybridized carbons (Fsp3) is 0.320. The molecule has 7 nitrogen and oxygen atoms in total. The lowest BCUT2D eigenvalue weighted by Crippen LogP contribution is -2.55. The summed E-state index contributed by atoms with van der Waals surface area (Å²) in [7, 11) is 2.17. The lowest BCUT2D eigenvalue weighted by atomic mass is 10.1. The minimum Gasteiger partial charge on any atom is -0.368 e. The van der Waals surface area contributed by atoms with E-state index in [9.17, 15) is 9.18 Å². The predicted octanol–water partition coefficient (Wildman–Crippen LogP) is 3.75. The van der Waals surface area contributed by atoms with Crippen LogP contribution in [0.1, 0.15) is 19.4 Å². The number of aromatic amines is 1. The lowest BCUT2D eigenvalue weighted by molar-refractivity contribution is 0.170. The number of hydrogen-bond donors (Lipinski definition) is 1. The third kappa shape index (κ3) is 3.70. The van der Waals surface area contributed by atoms with Crippen molar-refractivity contribution in [3.05, 3.63) is 70.3 Å². The van der Waals surface area contributed by atoms with E-state index in [2.05, 4.69) is 58.1 Å². The van der Waals surface area contributed by atoms with Crippen LogP contribution in [0.25, 0.3) is 28.0 Å². The molecule has 0 bridgehead atoms. The first-order valence-electron chi connectivity index (χ1n) is 11.1. The molecule has 1 aliphatic rings. The summed E-state index contributed by atoms with van der Waals surface area (Å²) in [5.74, 6) is -0.492. The largest absolute Gasteiger partial charge is 0.368 e. The second-order valence-corrected chi connectivity index (χ2v) is 8.95. The predicted molar refractivity (Wildman–Crippen MR) is 129 cm³/mol. The Kier molecular flexibility index (Phi) is 5.25. The number of piperazine rings is 1. The van der Waals surface area contributed by atoms with Crippen LogP contribution >= 0.6 is 0 Å². The van der Waals surface area contributed by atoms with Gasteiger partial charge in [0.2, 0.25) is 0 Å². The summed E-state index contributed by atoms with van der Waals surface area (Å²) in [5, 5.41) is 11.8. The molecule has 2 aromatic carbocycles. The van der Waals surface area contributed by atoms with Gasteiger partial charge >= 0.3 is 0 Å². The van der Waals surface area contributed by atoms with Crippen molar-refractivity contribution in [3.63, 3.8) is 0 Å². The number of aromatic nitrogens is 4. The number of likely N-dealkylation sites (N-methyl/N-ethyl adjacent to an activating group) is 1. The Morgan fingerprint density at radius 2 is 1.76 bits per heavy atom. The number of benzene rings is 2. The van der Waals surface area contributed by atoms with Crippen LogP contribution in [0.2, 0.25) is 0 Å². The van der Waals surface area contributed by atoms with Gasteiger partial charge in [-0.2, -0.15) is 14.9 Å². The van der Waals surface area contributed by atoms with E-state index in [-0.39, 0.29) is 5.69 Å². The van der Waals surface area contributed by atoms with Crippen LogP contribution < -0.4 is 10.5 Å². The summed E-state index contributed by atoms with van der Waals surface area (Å²) in [4.78, 5) is 17.5. The highest BCUT2D eigenvalue weighted by Crippen LogP contribution is 2.28. The summed E-state index contributed by atoms with van der Waals surface area (Å²) < 4.78 is 15.7. The van der Waals surface area contributed by atoms with Crippen molar-refractivity contribution >= 4 is 16.7 Å². The van der Waals surface area contributed by atoms with Crippen molar-refractivity contribution in [1.82, 2.24) is 24.9 Å². The first kappa shape index (κ1) is 21.3. The van der Waals surface area contributed by atoms with Crippen molar-refractivity contribution < 1.29 is 4.39 Å². The standard InChI is InChI=1S/C25H27FN6O/c1-15-6-5-7-20(26)25(15)32-22(33)12-21-24(29-32)23(28-27-21)18-8-10-19(11-9-18)31-13-16(2)30(4)17(3)14-31/h5-12,16-17,27H,13-14H2,1-4H3/t16-,17+. The number of aryl methyl sites for hydroxylation is 1. The summed E-state index contributed by atoms with van der Waals surface area (Å²) in [6, 6.07) is 15.3. The average Bonchev–Trinajstić information content (AvgIpc) is 3.19. The number of anilines is 1. The van der Waals surface area contributed by atoms with Crippen molar-refractivity contribution in [1.29, 1.82) is 0 Å². The van der Waals surface area contributed by atoms with Crippen LogP contribution in [0, 0.1) is 12.7 Å². The minimum absolute atomic E-state index is 0.158. The Bertz CT molecular complexity index is 1340. The fourth-order valence-electron chi connectivity index (χ4n) is 4.58. The molecule has 33 heavy (non-hydrogen) atoms. The third-order valence-corrected chi connectivity index (χ3v) is 6.71. The van der Waals surface area contributed by atoms with Gasteiger partial charge < -0.3 is 4.90 Å². The van der Waals surface area contributed by atoms with Crippen LogP contribution in [0.15, 0.2) is 53.3 Å². The van der Waals surface area contributed by atoms with Gasteiger partial charge in [0.1, 0.15) is 22.7 Å². The quantitative estimate of drug-likeness (QED) is 0.519. The van der Waals surface area contributed by atoms with Crippen molar-refractivity contribution in [3.8, 4) is 16.9 Å². The van der Waals surface area contributed by atoms with Gasteiger partial charge in [-0.3, -0.25) is 14.8 Å². The van der Waals surface area contributed by atoms with Gasteiger partial charge in [0.15, 0.2) is 0 Å². The van der Waals surface area contributed by atoms with Gasteiger partial charge in [-0.15, -0.1) is 0 Å². The smallest absolute Gasteiger partial charge is 0.273 e. The molecule has 1 fully saturated rings. The Balaban J connectivity index is 1.53. The monoisotopic (exact) mass is 446 g/mol. The molecule has 2 atom stereocenters. The molecule has 2 aromatic heterocycles. The van der Waals surface area contributed by atoms with Crippen molar-refractivity contribution in [2.75, 3.05) is 25.0 Å². The molecule has 0 aliphatic carbocycles. The molecule has 4 aromatic rings. The highest BCUT2D eigenvalue weighted by molar-refractivity contribution is 5.89. The highest BCUT2D eigenvalue weighted by Gasteiger charge is 2.26. The van der Waals surface area contributed by atoms with Crippen molar-refractivity contribution in [2.45, 2.75) is 32.9 Å². The molecule has 0 spiro atoms. The number of halogens is 1. The maximum Gasteiger partial charge on any atom is 0.273 e. The van der Waals surface area contributed by atoms with E-state index in [1.165, 1.54) is 12.1 Å². The number of fused-ring (bicyclic) bond motifs is 1. The summed E-state index contributed by atoms with van der Waals surface area (Å²) in [6.07, 6.45) is 0. The molecular weight excluding hydrogens is 419 g/mol. The molecule has 170 valence electrons. The normalized spacial score (nSPS) is 19.4. The molecule has 8 heteroatoms. The number of H-pyrrole nitrogens is 1. The maximum absolute atomic E-state index is 14.5. The molecule has 0 amide bonds. The SMILES string of the molecule is Cc1cccc(F)c1-n1nc2c(-c3ccc(N4C[C@@H](C)N(C)[C@@H](C)C4)cc3)n[nH]c2cc1=O. The Morgan fingerprint density at radius 3 is 2.42 bits per heavy atom. The number of nitrogens with zero attached hydrogens (tertiary/aromatic N) is 5. The van der Waals surface area contributed by atoms with Crippen LogP contribution in [-0.2, 0) is 0 Å².